The molecular formula is C17H23NO3. The average Bonchev–Trinajstić information content (AvgIpc) is 2.53. The minimum Gasteiger partial charge on any atom is -0.497 e. The number of hydrogen-bond acceptors (Lipinski definition) is 3. The van der Waals surface area contributed by atoms with Gasteiger partial charge in [0.15, 0.2) is 0 Å². The van der Waals surface area contributed by atoms with E-state index in [0.717, 1.165) is 37.0 Å². The lowest BCUT2D eigenvalue weighted by Crippen LogP contribution is -2.62. The molecule has 1 saturated heterocycles. The largest absolute Gasteiger partial charge is 0.497 e. The highest BCUT2D eigenvalue weighted by Crippen LogP contribution is 2.46. The molecule has 2 unspecified atom stereocenters. The van der Waals surface area contributed by atoms with E-state index >= 15 is 0 Å². The van der Waals surface area contributed by atoms with E-state index in [4.69, 9.17) is 9.47 Å². The fourth-order valence-corrected chi connectivity index (χ4v) is 3.87. The number of hydrogen-bond donors (Lipinski definition) is 0. The highest BCUT2D eigenvalue weighted by molar-refractivity contribution is 5.81. The molecule has 1 aromatic rings. The van der Waals surface area contributed by atoms with E-state index in [1.54, 1.807) is 7.11 Å². The van der Waals surface area contributed by atoms with Gasteiger partial charge in [0.05, 0.1) is 13.2 Å². The van der Waals surface area contributed by atoms with Crippen molar-refractivity contribution in [3.63, 3.8) is 0 Å². The van der Waals surface area contributed by atoms with E-state index in [1.165, 1.54) is 0 Å². The number of morpholine rings is 1. The van der Waals surface area contributed by atoms with E-state index in [1.807, 2.05) is 31.0 Å². The van der Waals surface area contributed by atoms with Gasteiger partial charge in [-0.2, -0.15) is 0 Å². The molecule has 2 fully saturated rings. The summed E-state index contributed by atoms with van der Waals surface area (Å²) in [6.45, 7) is 1.85. The summed E-state index contributed by atoms with van der Waals surface area (Å²) in [6.07, 6.45) is 3.82. The van der Waals surface area contributed by atoms with Crippen LogP contribution in [-0.2, 0) is 15.1 Å². The van der Waals surface area contributed by atoms with Crippen LogP contribution in [0.15, 0.2) is 24.3 Å². The summed E-state index contributed by atoms with van der Waals surface area (Å²) in [5.74, 6) is 0.919. The van der Waals surface area contributed by atoms with Gasteiger partial charge in [-0.15, -0.1) is 0 Å². The van der Waals surface area contributed by atoms with Gasteiger partial charge in [0.25, 0.3) is 5.91 Å². The molecule has 1 saturated carbocycles. The van der Waals surface area contributed by atoms with E-state index in [-0.39, 0.29) is 11.9 Å². The topological polar surface area (TPSA) is 38.8 Å². The Morgan fingerprint density at radius 1 is 1.38 bits per heavy atom. The highest BCUT2D eigenvalue weighted by Gasteiger charge is 2.52. The number of benzene rings is 1. The Hall–Kier alpha value is -1.55. The van der Waals surface area contributed by atoms with Gasteiger partial charge in [-0.25, -0.2) is 0 Å². The van der Waals surface area contributed by atoms with Crippen LogP contribution in [0.5, 0.6) is 5.75 Å². The molecule has 3 atom stereocenters. The first-order valence-electron chi connectivity index (χ1n) is 7.67. The minimum atomic E-state index is -0.394. The Morgan fingerprint density at radius 3 is 2.95 bits per heavy atom. The smallest absolute Gasteiger partial charge is 0.251 e. The second-order valence-electron chi connectivity index (χ2n) is 6.09. The average molecular weight is 289 g/mol. The first-order valence-corrected chi connectivity index (χ1v) is 7.67. The highest BCUT2D eigenvalue weighted by atomic mass is 16.5. The number of methoxy groups -OCH3 is 1. The Balaban J connectivity index is 2.07. The van der Waals surface area contributed by atoms with E-state index in [2.05, 4.69) is 12.1 Å². The van der Waals surface area contributed by atoms with Crippen LogP contribution in [0, 0.1) is 0 Å². The summed E-state index contributed by atoms with van der Waals surface area (Å²) in [4.78, 5) is 14.1. The second-order valence-corrected chi connectivity index (χ2v) is 6.09. The second kappa shape index (κ2) is 5.34. The van der Waals surface area contributed by atoms with Crippen molar-refractivity contribution < 1.29 is 14.3 Å². The first kappa shape index (κ1) is 14.4. The van der Waals surface area contributed by atoms with Crippen LogP contribution in [0.1, 0.15) is 38.2 Å². The van der Waals surface area contributed by atoms with Crippen molar-refractivity contribution in [1.82, 2.24) is 4.90 Å². The van der Waals surface area contributed by atoms with Crippen LogP contribution < -0.4 is 4.74 Å². The Morgan fingerprint density at radius 2 is 2.19 bits per heavy atom. The Labute approximate surface area is 126 Å². The number of rotatable bonds is 2. The first-order chi connectivity index (χ1) is 10.1. The number of amides is 1. The van der Waals surface area contributed by atoms with Crippen molar-refractivity contribution in [2.45, 2.75) is 50.4 Å². The van der Waals surface area contributed by atoms with Gasteiger partial charge < -0.3 is 14.4 Å². The Kier molecular flexibility index (Phi) is 3.66. The molecule has 0 N–H and O–H groups in total. The van der Waals surface area contributed by atoms with Gasteiger partial charge >= 0.3 is 0 Å². The van der Waals surface area contributed by atoms with Gasteiger partial charge in [0.2, 0.25) is 0 Å². The summed E-state index contributed by atoms with van der Waals surface area (Å²) in [7, 11) is 3.58. The monoisotopic (exact) mass is 289 g/mol. The van der Waals surface area contributed by atoms with Crippen molar-refractivity contribution >= 4 is 5.91 Å². The maximum absolute atomic E-state index is 12.3. The fourth-order valence-electron chi connectivity index (χ4n) is 3.87. The standard InChI is InChI=1S/C17H23NO3/c1-12-16(19)18(2)15-9-4-5-10-17(15,21-12)13-7-6-8-14(11-13)20-3/h6-8,11-12,15H,4-5,9-10H2,1-3H3/t12?,15?,17-/m1/s1. The summed E-state index contributed by atoms with van der Waals surface area (Å²) in [5.41, 5.74) is 0.729. The molecule has 1 aromatic carbocycles. The van der Waals surface area contributed by atoms with E-state index < -0.39 is 11.7 Å². The molecule has 1 heterocycles. The number of ether oxygens (including phenoxy) is 2. The number of fused-ring (bicyclic) bond motifs is 1. The molecule has 21 heavy (non-hydrogen) atoms. The van der Waals surface area contributed by atoms with Crippen LogP contribution in [0.2, 0.25) is 0 Å². The fraction of sp³-hybridized carbons (Fsp3) is 0.588. The third kappa shape index (κ3) is 2.22. The zero-order chi connectivity index (χ0) is 15.0. The molecular weight excluding hydrogens is 266 g/mol. The summed E-state index contributed by atoms with van der Waals surface area (Å²) >= 11 is 0. The van der Waals surface area contributed by atoms with Gasteiger partial charge in [-0.3, -0.25) is 4.79 Å². The number of carbonyl (C=O) groups excluding carboxylic acids is 1. The van der Waals surface area contributed by atoms with Crippen LogP contribution in [-0.4, -0.2) is 37.1 Å². The SMILES string of the molecule is COc1cccc([C@]23CCCCC2N(C)C(=O)C(C)O3)c1. The van der Waals surface area contributed by atoms with Crippen LogP contribution in [0.3, 0.4) is 0 Å². The van der Waals surface area contributed by atoms with Crippen LogP contribution in [0.25, 0.3) is 0 Å². The predicted molar refractivity (Wildman–Crippen MR) is 80.2 cm³/mol. The normalized spacial score (nSPS) is 32.7. The lowest BCUT2D eigenvalue weighted by Gasteiger charge is -2.53. The zero-order valence-electron chi connectivity index (χ0n) is 13.0. The zero-order valence-corrected chi connectivity index (χ0v) is 13.0. The van der Waals surface area contributed by atoms with Crippen molar-refractivity contribution in [2.24, 2.45) is 0 Å². The summed E-state index contributed by atoms with van der Waals surface area (Å²) < 4.78 is 11.7. The van der Waals surface area contributed by atoms with Crippen molar-refractivity contribution in [3.05, 3.63) is 29.8 Å². The lowest BCUT2D eigenvalue weighted by molar-refractivity contribution is -0.206. The lowest BCUT2D eigenvalue weighted by atomic mass is 9.73. The van der Waals surface area contributed by atoms with Crippen LogP contribution >= 0.6 is 0 Å². The number of carbonyl (C=O) groups is 1. The number of nitrogens with zero attached hydrogens (tertiary/aromatic N) is 1. The molecule has 2 aliphatic rings. The molecule has 4 nitrogen and oxygen atoms in total. The molecule has 1 aliphatic heterocycles. The molecule has 1 aliphatic carbocycles. The summed E-state index contributed by atoms with van der Waals surface area (Å²) in [6, 6.07) is 8.20. The maximum atomic E-state index is 12.3. The van der Waals surface area contributed by atoms with E-state index in [9.17, 15) is 4.79 Å². The quantitative estimate of drug-likeness (QED) is 0.840. The third-order valence-corrected chi connectivity index (χ3v) is 4.92. The molecule has 1 amide bonds. The van der Waals surface area contributed by atoms with Crippen molar-refractivity contribution in [1.29, 1.82) is 0 Å². The van der Waals surface area contributed by atoms with Crippen molar-refractivity contribution in [2.75, 3.05) is 14.2 Å². The molecule has 0 bridgehead atoms. The van der Waals surface area contributed by atoms with E-state index in [0.29, 0.717) is 0 Å². The molecule has 114 valence electrons. The van der Waals surface area contributed by atoms with Gasteiger partial charge in [0, 0.05) is 7.05 Å². The predicted octanol–water partition coefficient (Wildman–Crippen LogP) is 2.71. The van der Waals surface area contributed by atoms with Gasteiger partial charge in [0.1, 0.15) is 17.5 Å². The molecule has 0 aromatic heterocycles. The maximum Gasteiger partial charge on any atom is 0.251 e. The molecule has 3 rings (SSSR count). The Bertz CT molecular complexity index is 545. The minimum absolute atomic E-state index is 0.0837. The molecule has 4 heteroatoms. The number of likely N-dealkylation sites (N-methyl/N-ethyl adjacent to an activating group) is 1. The molecule has 0 spiro atoms. The van der Waals surface area contributed by atoms with Gasteiger partial charge in [-0.1, -0.05) is 25.0 Å². The summed E-state index contributed by atoms with van der Waals surface area (Å²) in [5, 5.41) is 0. The molecule has 0 radical (unpaired) electrons. The van der Waals surface area contributed by atoms with Crippen LogP contribution in [0.4, 0.5) is 0 Å². The third-order valence-electron chi connectivity index (χ3n) is 4.92. The van der Waals surface area contributed by atoms with Crippen molar-refractivity contribution in [3.8, 4) is 5.75 Å². The van der Waals surface area contributed by atoms with Gasteiger partial charge in [-0.05, 0) is 37.5 Å².